The minimum atomic E-state index is -1.10. The molecule has 19 rings (SSSR count). The van der Waals surface area contributed by atoms with Crippen molar-refractivity contribution in [2.45, 2.75) is 110 Å². The van der Waals surface area contributed by atoms with Gasteiger partial charge in [0.1, 0.15) is 27.9 Å². The lowest BCUT2D eigenvalue weighted by molar-refractivity contribution is 0.589. The summed E-state index contributed by atoms with van der Waals surface area (Å²) >= 11 is 1.87. The van der Waals surface area contributed by atoms with Crippen LogP contribution in [0.1, 0.15) is 128 Å². The lowest BCUT2D eigenvalue weighted by atomic mass is 9.66. The number of rotatable bonds is 8. The largest absolute Gasteiger partial charge is 0.455 e. The number of hydrogen-bond donors (Lipinski definition) is 0. The molecule has 1 aliphatic carbocycles. The molecule has 1 unspecified atom stereocenters. The highest BCUT2D eigenvalue weighted by atomic mass is 32.1. The Kier molecular flexibility index (Phi) is 13.3. The minimum Gasteiger partial charge on any atom is -0.455 e. The first kappa shape index (κ1) is 61.9. The normalized spacial score (nSPS) is 14.5. The van der Waals surface area contributed by atoms with Gasteiger partial charge in [0.15, 0.2) is 16.7 Å². The topological polar surface area (TPSA) is 59.0 Å². The third kappa shape index (κ3) is 9.22. The first-order chi connectivity index (χ1) is 49.1. The molecule has 0 saturated heterocycles. The van der Waals surface area contributed by atoms with Crippen molar-refractivity contribution in [1.82, 2.24) is 0 Å². The second kappa shape index (κ2) is 21.9. The predicted octanol–water partition coefficient (Wildman–Crippen LogP) is 28.1. The molecule has 0 bridgehead atoms. The lowest BCUT2D eigenvalue weighted by Crippen LogP contribution is -2.29. The summed E-state index contributed by atoms with van der Waals surface area (Å²) in [7, 11) is 0. The average molecular weight is 1340 g/mol. The molecule has 7 heteroatoms. The van der Waals surface area contributed by atoms with Crippen molar-refractivity contribution < 1.29 is 17.7 Å². The average Bonchev–Trinajstić information content (AvgIpc) is 1.49. The summed E-state index contributed by atoms with van der Waals surface area (Å²) in [5.41, 5.74) is 21.8. The van der Waals surface area contributed by atoms with Crippen molar-refractivity contribution in [3.63, 3.8) is 0 Å². The second-order valence-electron chi connectivity index (χ2n) is 32.4. The van der Waals surface area contributed by atoms with Crippen LogP contribution in [0.5, 0.6) is 0 Å². The van der Waals surface area contributed by atoms with E-state index in [1.807, 2.05) is 11.3 Å². The lowest BCUT2D eigenvalue weighted by Gasteiger charge is -2.36. The van der Waals surface area contributed by atoms with E-state index in [-0.39, 0.29) is 21.7 Å². The number of para-hydroxylation sites is 6. The van der Waals surface area contributed by atoms with Gasteiger partial charge < -0.3 is 27.5 Å². The van der Waals surface area contributed by atoms with Gasteiger partial charge in [-0.15, -0.1) is 11.3 Å². The minimum absolute atomic E-state index is 0.0831. The van der Waals surface area contributed by atoms with Crippen LogP contribution in [0.4, 0.5) is 34.1 Å². The monoisotopic (exact) mass is 1340 g/mol. The fraction of sp³-hybridized carbons (Fsp3) is 0.179. The smallest absolute Gasteiger partial charge is 0.160 e. The van der Waals surface area contributed by atoms with Crippen LogP contribution in [-0.4, -0.2) is 0 Å². The Morgan fingerprint density at radius 2 is 0.657 bits per heavy atom. The Morgan fingerprint density at radius 3 is 1.18 bits per heavy atom. The van der Waals surface area contributed by atoms with Crippen LogP contribution < -0.4 is 9.80 Å². The maximum atomic E-state index is 7.87. The van der Waals surface area contributed by atoms with Gasteiger partial charge in [0.25, 0.3) is 0 Å². The quantitative estimate of drug-likeness (QED) is 0.151. The number of hydrogen-bond acceptors (Lipinski definition) is 7. The highest BCUT2D eigenvalue weighted by Crippen LogP contribution is 2.66. The maximum absolute atomic E-state index is 7.87. The summed E-state index contributed by atoms with van der Waals surface area (Å²) in [6, 6.07) is 94.8. The molecule has 0 aliphatic heterocycles. The molecule has 5 aromatic heterocycles. The van der Waals surface area contributed by atoms with Crippen LogP contribution >= 0.6 is 11.3 Å². The van der Waals surface area contributed by atoms with Crippen LogP contribution in [0, 0.1) is 0 Å². The van der Waals surface area contributed by atoms with Crippen molar-refractivity contribution in [2.75, 3.05) is 9.80 Å². The van der Waals surface area contributed by atoms with Gasteiger partial charge in [-0.2, -0.15) is 0 Å². The van der Waals surface area contributed by atoms with E-state index in [1.54, 1.807) is 0 Å². The second-order valence-corrected chi connectivity index (χ2v) is 33.4. The number of anilines is 6. The zero-order valence-electron chi connectivity index (χ0n) is 59.7. The zero-order chi connectivity index (χ0) is 69.7. The van der Waals surface area contributed by atoms with E-state index >= 15 is 0 Å². The Morgan fingerprint density at radius 1 is 0.275 bits per heavy atom. The highest BCUT2D eigenvalue weighted by Gasteiger charge is 2.51. The van der Waals surface area contributed by atoms with Gasteiger partial charge in [0, 0.05) is 80.4 Å². The van der Waals surface area contributed by atoms with E-state index in [4.69, 9.17) is 17.7 Å². The van der Waals surface area contributed by atoms with Crippen LogP contribution in [0.25, 0.3) is 119 Å². The van der Waals surface area contributed by atoms with Gasteiger partial charge in [-0.3, -0.25) is 0 Å². The first-order valence-electron chi connectivity index (χ1n) is 35.8. The third-order valence-electron chi connectivity index (χ3n) is 22.0. The maximum Gasteiger partial charge on any atom is 0.160 e. The molecular weight excluding hydrogens is 1270 g/mol. The molecule has 0 spiro atoms. The summed E-state index contributed by atoms with van der Waals surface area (Å²) < 4.78 is 32.4. The van der Waals surface area contributed by atoms with Crippen molar-refractivity contribution >= 4 is 153 Å². The Labute approximate surface area is 597 Å². The number of benzene rings is 13. The van der Waals surface area contributed by atoms with Crippen LogP contribution in [0.15, 0.2) is 272 Å². The number of fused-ring (bicyclic) bond motifs is 20. The summed E-state index contributed by atoms with van der Waals surface area (Å²) in [6.45, 7) is 27.6. The molecule has 0 amide bonds. The van der Waals surface area contributed by atoms with Crippen molar-refractivity contribution in [3.05, 3.63) is 299 Å². The van der Waals surface area contributed by atoms with Crippen LogP contribution in [-0.2, 0) is 27.1 Å². The summed E-state index contributed by atoms with van der Waals surface area (Å²) in [4.78, 5) is 4.88. The van der Waals surface area contributed by atoms with E-state index < -0.39 is 5.41 Å². The SMILES string of the molecule is CC(C)(C)c1ccc(N(c2cccc3c2oc2ccccc23)c2cc3c(c4c2oc2ccccc24)-c2c(cc(N(c4ccc(C(C)(C)C)cc4)c4cccc5c4oc4ccccc45)c4c2oc2ccccc24)C3(c2ccc(C(C)(C)C)cc2)c2ccc3sc4ccc(C(C)(C)C)cc4c3c2)cc1. The molecule has 1 aliphatic rings. The highest BCUT2D eigenvalue weighted by molar-refractivity contribution is 7.25. The van der Waals surface area contributed by atoms with E-state index in [1.165, 1.54) is 42.4 Å². The third-order valence-corrected chi connectivity index (χ3v) is 23.1. The number of thiophene rings is 1. The molecule has 18 aromatic rings. The molecule has 0 N–H and O–H groups in total. The molecule has 0 radical (unpaired) electrons. The molecule has 0 fully saturated rings. The molecular formula is C95H78N2O4S. The van der Waals surface area contributed by atoms with E-state index in [2.05, 4.69) is 348 Å². The molecule has 0 saturated carbocycles. The Hall–Kier alpha value is -11.1. The van der Waals surface area contributed by atoms with Crippen molar-refractivity contribution in [3.8, 4) is 11.1 Å². The fourth-order valence-corrected chi connectivity index (χ4v) is 17.8. The van der Waals surface area contributed by atoms with E-state index in [9.17, 15) is 0 Å². The van der Waals surface area contributed by atoms with E-state index in [0.717, 1.165) is 155 Å². The molecule has 13 aromatic carbocycles. The molecule has 1 atom stereocenters. The molecule has 5 heterocycles. The van der Waals surface area contributed by atoms with E-state index in [0.29, 0.717) is 0 Å². The first-order valence-corrected chi connectivity index (χ1v) is 36.6. The Balaban J connectivity index is 1.03. The summed E-state index contributed by atoms with van der Waals surface area (Å²) in [6.07, 6.45) is 0. The van der Waals surface area contributed by atoms with Gasteiger partial charge in [0.2, 0.25) is 0 Å². The van der Waals surface area contributed by atoms with Gasteiger partial charge in [-0.05, 0) is 163 Å². The zero-order valence-corrected chi connectivity index (χ0v) is 60.5. The predicted molar refractivity (Wildman–Crippen MR) is 430 cm³/mol. The van der Waals surface area contributed by atoms with Crippen LogP contribution in [0.3, 0.4) is 0 Å². The Bertz CT molecular complexity index is 6480. The number of furan rings is 4. The standard InChI is InChI=1S/C95H78N2O4S/c1-91(2,3)55-35-37-58(38-36-55)95(60-44-50-82-70(52-60)69-51-59(94(10,11)12)43-49-81(69)102-82)71-54-76(97(62-47-41-57(42-48-62)93(7,8)9)74-30-22-28-66-64-24-14-18-32-78(64)99-88(66)74)89-84(68-26-16-20-34-80(68)100-89)85(71)86-72(95)53-75(83-67-25-15-19-33-79(67)101-90(83)86)96(61-45-39-56(40-46-61)92(4,5)6)73-29-21-27-65-63-23-13-17-31-77(63)98-87(65)73/h13-54H,1-12H3. The van der Waals surface area contributed by atoms with Crippen LogP contribution in [0.2, 0.25) is 0 Å². The molecule has 102 heavy (non-hydrogen) atoms. The summed E-state index contributed by atoms with van der Waals surface area (Å²) in [5, 5.41) is 10.6. The summed E-state index contributed by atoms with van der Waals surface area (Å²) in [5.74, 6) is 0. The van der Waals surface area contributed by atoms with Gasteiger partial charge in [-0.1, -0.05) is 241 Å². The molecule has 6 nitrogen and oxygen atoms in total. The molecule has 498 valence electrons. The van der Waals surface area contributed by atoms with Gasteiger partial charge >= 0.3 is 0 Å². The van der Waals surface area contributed by atoms with Crippen molar-refractivity contribution in [1.29, 1.82) is 0 Å². The fourth-order valence-electron chi connectivity index (χ4n) is 16.7. The van der Waals surface area contributed by atoms with Gasteiger partial charge in [-0.25, -0.2) is 0 Å². The number of nitrogens with zero attached hydrogens (tertiary/aromatic N) is 2. The van der Waals surface area contributed by atoms with Crippen molar-refractivity contribution in [2.24, 2.45) is 0 Å². The van der Waals surface area contributed by atoms with Gasteiger partial charge in [0.05, 0.1) is 33.6 Å².